The molecule has 1 N–H and O–H groups in total. The van der Waals surface area contributed by atoms with Gasteiger partial charge in [-0.25, -0.2) is 4.39 Å². The van der Waals surface area contributed by atoms with Crippen molar-refractivity contribution in [2.45, 2.75) is 6.04 Å². The maximum atomic E-state index is 13.8. The van der Waals surface area contributed by atoms with Gasteiger partial charge in [-0.2, -0.15) is 5.21 Å². The normalized spacial score (nSPS) is 18.5. The number of tetrazole rings is 1. The van der Waals surface area contributed by atoms with Crippen LogP contribution < -0.4 is 0 Å². The summed E-state index contributed by atoms with van der Waals surface area (Å²) in [7, 11) is 0. The van der Waals surface area contributed by atoms with E-state index in [-0.39, 0.29) is 18.1 Å². The highest BCUT2D eigenvalue weighted by Gasteiger charge is 2.33. The minimum Gasteiger partial charge on any atom is -0.464 e. The fraction of sp³-hybridized carbons (Fsp3) is 0.286. The number of aromatic nitrogens is 4. The van der Waals surface area contributed by atoms with E-state index in [4.69, 9.17) is 9.15 Å². The molecule has 0 aliphatic carbocycles. The van der Waals surface area contributed by atoms with E-state index in [1.807, 2.05) is 0 Å². The number of morpholine rings is 1. The van der Waals surface area contributed by atoms with E-state index in [2.05, 4.69) is 20.6 Å². The van der Waals surface area contributed by atoms with E-state index in [1.165, 1.54) is 18.4 Å². The number of rotatable bonds is 2. The summed E-state index contributed by atoms with van der Waals surface area (Å²) in [5.74, 6) is -0.501. The molecule has 3 aromatic rings. The van der Waals surface area contributed by atoms with Crippen molar-refractivity contribution < 1.29 is 18.3 Å². The molecular weight excluding hydrogens is 305 g/mol. The Morgan fingerprint density at radius 3 is 3.17 bits per heavy atom. The number of nitrogens with one attached hydrogen (secondary N) is 1. The second-order valence-corrected chi connectivity index (χ2v) is 5.15. The zero-order valence-corrected chi connectivity index (χ0v) is 11.9. The number of carbonyl (C=O) groups excluding carboxylic acids is 1. The van der Waals surface area contributed by atoms with Gasteiger partial charge in [0, 0.05) is 11.9 Å². The molecule has 0 saturated carbocycles. The Balaban J connectivity index is 1.75. The molecule has 0 radical (unpaired) electrons. The molecule has 23 heavy (non-hydrogen) atoms. The van der Waals surface area contributed by atoms with Crippen LogP contribution in [0.1, 0.15) is 22.2 Å². The molecule has 1 aliphatic rings. The van der Waals surface area contributed by atoms with Crippen LogP contribution in [-0.4, -0.2) is 51.2 Å². The number of hydrogen-bond donors (Lipinski definition) is 1. The molecule has 1 fully saturated rings. The van der Waals surface area contributed by atoms with Gasteiger partial charge in [0.1, 0.15) is 17.4 Å². The molecule has 4 rings (SSSR count). The lowest BCUT2D eigenvalue weighted by Gasteiger charge is -2.33. The summed E-state index contributed by atoms with van der Waals surface area (Å²) < 4.78 is 24.5. The van der Waals surface area contributed by atoms with Crippen LogP contribution in [0.3, 0.4) is 0 Å². The van der Waals surface area contributed by atoms with Gasteiger partial charge in [-0.3, -0.25) is 4.79 Å². The van der Waals surface area contributed by atoms with E-state index in [1.54, 1.807) is 11.0 Å². The predicted molar refractivity (Wildman–Crippen MR) is 74.9 cm³/mol. The highest BCUT2D eigenvalue weighted by Crippen LogP contribution is 2.27. The molecule has 1 amide bonds. The van der Waals surface area contributed by atoms with Gasteiger partial charge in [-0.05, 0) is 18.2 Å². The Morgan fingerprint density at radius 2 is 2.35 bits per heavy atom. The lowest BCUT2D eigenvalue weighted by atomic mass is 10.1. The van der Waals surface area contributed by atoms with E-state index in [0.29, 0.717) is 29.9 Å². The van der Waals surface area contributed by atoms with Crippen LogP contribution >= 0.6 is 0 Å². The smallest absolute Gasteiger partial charge is 0.258 e. The van der Waals surface area contributed by atoms with E-state index in [0.717, 1.165) is 0 Å². The summed E-state index contributed by atoms with van der Waals surface area (Å²) >= 11 is 0. The third kappa shape index (κ3) is 2.34. The standard InChI is InChI=1S/C14H12FN5O3/c15-9-5-8-1-3-23-12(8)10(6-9)14(21)20-2-4-22-7-11(20)13-16-18-19-17-13/h1,3,5-6,11H,2,4,7H2,(H,16,17,18,19). The molecule has 1 unspecified atom stereocenters. The average molecular weight is 317 g/mol. The van der Waals surface area contributed by atoms with E-state index >= 15 is 0 Å². The first-order valence-electron chi connectivity index (χ1n) is 7.03. The number of H-pyrrole nitrogens is 1. The van der Waals surface area contributed by atoms with Gasteiger partial charge in [-0.1, -0.05) is 5.21 Å². The first kappa shape index (κ1) is 13.8. The molecule has 1 aliphatic heterocycles. The summed E-state index contributed by atoms with van der Waals surface area (Å²) in [6.07, 6.45) is 1.43. The van der Waals surface area contributed by atoms with Crippen LogP contribution in [0.25, 0.3) is 11.0 Å². The van der Waals surface area contributed by atoms with Crippen LogP contribution in [0.4, 0.5) is 4.39 Å². The van der Waals surface area contributed by atoms with E-state index in [9.17, 15) is 9.18 Å². The summed E-state index contributed by atoms with van der Waals surface area (Å²) in [6.45, 7) is 0.981. The van der Waals surface area contributed by atoms with Gasteiger partial charge in [0.2, 0.25) is 0 Å². The molecule has 8 nitrogen and oxygen atoms in total. The number of fused-ring (bicyclic) bond motifs is 1. The zero-order chi connectivity index (χ0) is 15.8. The van der Waals surface area contributed by atoms with Crippen molar-refractivity contribution in [1.29, 1.82) is 0 Å². The molecule has 3 heterocycles. The van der Waals surface area contributed by atoms with Crippen molar-refractivity contribution in [1.82, 2.24) is 25.5 Å². The molecule has 1 atom stereocenters. The fourth-order valence-corrected chi connectivity index (χ4v) is 2.73. The Labute approximate surface area is 129 Å². The van der Waals surface area contributed by atoms with E-state index < -0.39 is 11.9 Å². The van der Waals surface area contributed by atoms with Gasteiger partial charge >= 0.3 is 0 Å². The number of carbonyl (C=O) groups is 1. The molecule has 0 spiro atoms. The number of aromatic amines is 1. The fourth-order valence-electron chi connectivity index (χ4n) is 2.73. The lowest BCUT2D eigenvalue weighted by molar-refractivity contribution is -0.00518. The molecule has 9 heteroatoms. The van der Waals surface area contributed by atoms with Crippen LogP contribution in [0.15, 0.2) is 28.9 Å². The minimum absolute atomic E-state index is 0.167. The van der Waals surface area contributed by atoms with Crippen molar-refractivity contribution in [3.63, 3.8) is 0 Å². The van der Waals surface area contributed by atoms with Crippen LogP contribution in [0, 0.1) is 5.82 Å². The maximum Gasteiger partial charge on any atom is 0.258 e. The number of benzene rings is 1. The monoisotopic (exact) mass is 317 g/mol. The second kappa shape index (κ2) is 5.43. The molecule has 0 bridgehead atoms. The largest absolute Gasteiger partial charge is 0.464 e. The zero-order valence-electron chi connectivity index (χ0n) is 11.9. The highest BCUT2D eigenvalue weighted by molar-refractivity contribution is 6.05. The van der Waals surface area contributed by atoms with Gasteiger partial charge in [-0.15, -0.1) is 10.2 Å². The third-order valence-electron chi connectivity index (χ3n) is 3.80. The molecule has 1 aromatic carbocycles. The number of amides is 1. The number of ether oxygens (including phenoxy) is 1. The average Bonchev–Trinajstić information content (AvgIpc) is 3.24. The summed E-state index contributed by atoms with van der Waals surface area (Å²) in [5, 5.41) is 14.2. The Morgan fingerprint density at radius 1 is 1.43 bits per heavy atom. The van der Waals surface area contributed by atoms with Crippen molar-refractivity contribution in [3.05, 3.63) is 41.7 Å². The van der Waals surface area contributed by atoms with Crippen LogP contribution in [-0.2, 0) is 4.74 Å². The predicted octanol–water partition coefficient (Wildman–Crippen LogP) is 1.30. The first-order chi connectivity index (χ1) is 11.2. The van der Waals surface area contributed by atoms with Gasteiger partial charge in [0.05, 0.1) is 25.0 Å². The van der Waals surface area contributed by atoms with Gasteiger partial charge < -0.3 is 14.1 Å². The van der Waals surface area contributed by atoms with Crippen LogP contribution in [0.5, 0.6) is 0 Å². The number of furan rings is 1. The van der Waals surface area contributed by atoms with Gasteiger partial charge in [0.25, 0.3) is 5.91 Å². The lowest BCUT2D eigenvalue weighted by Crippen LogP contribution is -2.44. The minimum atomic E-state index is -0.494. The molecule has 118 valence electrons. The quantitative estimate of drug-likeness (QED) is 0.765. The molecule has 2 aromatic heterocycles. The van der Waals surface area contributed by atoms with Crippen molar-refractivity contribution in [2.75, 3.05) is 19.8 Å². The molecule has 1 saturated heterocycles. The Bertz CT molecular complexity index is 847. The third-order valence-corrected chi connectivity index (χ3v) is 3.80. The van der Waals surface area contributed by atoms with Gasteiger partial charge in [0.15, 0.2) is 5.82 Å². The highest BCUT2D eigenvalue weighted by atomic mass is 19.1. The molecular formula is C14H12FN5O3. The second-order valence-electron chi connectivity index (χ2n) is 5.15. The maximum absolute atomic E-state index is 13.8. The van der Waals surface area contributed by atoms with Crippen molar-refractivity contribution in [2.24, 2.45) is 0 Å². The van der Waals surface area contributed by atoms with Crippen molar-refractivity contribution >= 4 is 16.9 Å². The summed E-state index contributed by atoms with van der Waals surface area (Å²) in [4.78, 5) is 14.5. The number of nitrogens with zero attached hydrogens (tertiary/aromatic N) is 4. The van der Waals surface area contributed by atoms with Crippen LogP contribution in [0.2, 0.25) is 0 Å². The topological polar surface area (TPSA) is 97.1 Å². The Hall–Kier alpha value is -2.81. The SMILES string of the molecule is O=C(c1cc(F)cc2ccoc12)N1CCOCC1c1nn[nH]n1. The first-order valence-corrected chi connectivity index (χ1v) is 7.03. The van der Waals surface area contributed by atoms with Crippen molar-refractivity contribution in [3.8, 4) is 0 Å². The summed E-state index contributed by atoms with van der Waals surface area (Å²) in [6, 6.07) is 3.64. The number of halogens is 1. The summed E-state index contributed by atoms with van der Waals surface area (Å²) in [5.41, 5.74) is 0.523. The Kier molecular flexibility index (Phi) is 3.27. The number of hydrogen-bond acceptors (Lipinski definition) is 6.